The van der Waals surface area contributed by atoms with E-state index >= 15 is 0 Å². The van der Waals surface area contributed by atoms with Gasteiger partial charge < -0.3 is 9.47 Å². The average Bonchev–Trinajstić information content (AvgIpc) is 3.05. The molecule has 9 nitrogen and oxygen atoms in total. The molecule has 2 rings (SSSR count). The number of thiophene rings is 1. The summed E-state index contributed by atoms with van der Waals surface area (Å²) < 4.78 is 38.9. The van der Waals surface area contributed by atoms with Gasteiger partial charge in [0.05, 0.1) is 36.9 Å². The quantitative estimate of drug-likeness (QED) is 0.759. The number of methoxy groups -OCH3 is 2. The number of aromatic nitrogens is 2. The van der Waals surface area contributed by atoms with Crippen LogP contribution in [0.1, 0.15) is 37.0 Å². The number of ether oxygens (including phenoxy) is 2. The van der Waals surface area contributed by atoms with Crippen LogP contribution in [0, 0.1) is 20.8 Å². The van der Waals surface area contributed by atoms with E-state index in [0.717, 1.165) is 7.11 Å². The van der Waals surface area contributed by atoms with E-state index in [1.54, 1.807) is 20.9 Å². The number of carbonyl (C=O) groups excluding carboxylic acids is 2. The van der Waals surface area contributed by atoms with Crippen LogP contribution >= 0.6 is 11.3 Å². The molecule has 1 N–H and O–H groups in total. The molecule has 0 radical (unpaired) electrons. The highest BCUT2D eigenvalue weighted by Crippen LogP contribution is 2.35. The Labute approximate surface area is 155 Å². The van der Waals surface area contributed by atoms with E-state index < -0.39 is 22.0 Å². The normalized spacial score (nSPS) is 11.3. The highest BCUT2D eigenvalue weighted by molar-refractivity contribution is 7.94. The van der Waals surface area contributed by atoms with E-state index in [9.17, 15) is 18.0 Å². The summed E-state index contributed by atoms with van der Waals surface area (Å²) in [6.07, 6.45) is 0. The van der Waals surface area contributed by atoms with Crippen molar-refractivity contribution in [3.63, 3.8) is 0 Å². The zero-order valence-corrected chi connectivity index (χ0v) is 16.8. The molecular formula is C15H19N3O6S2. The average molecular weight is 401 g/mol. The Morgan fingerprint density at radius 1 is 1.12 bits per heavy atom. The molecule has 0 aliphatic carbocycles. The van der Waals surface area contributed by atoms with Crippen molar-refractivity contribution < 1.29 is 27.5 Å². The van der Waals surface area contributed by atoms with E-state index in [1.165, 1.54) is 18.7 Å². The molecular weight excluding hydrogens is 382 g/mol. The predicted molar refractivity (Wildman–Crippen MR) is 95.2 cm³/mol. The first kappa shape index (κ1) is 19.9. The Balaban J connectivity index is 2.65. The van der Waals surface area contributed by atoms with Crippen LogP contribution in [-0.2, 0) is 26.5 Å². The van der Waals surface area contributed by atoms with Crippen molar-refractivity contribution in [2.45, 2.75) is 25.0 Å². The molecule has 2 aromatic heterocycles. The first-order valence-corrected chi connectivity index (χ1v) is 9.68. The fourth-order valence-corrected chi connectivity index (χ4v) is 5.33. The molecule has 0 aromatic carbocycles. The molecule has 0 aliphatic heterocycles. The monoisotopic (exact) mass is 401 g/mol. The van der Waals surface area contributed by atoms with E-state index in [4.69, 9.17) is 0 Å². The van der Waals surface area contributed by atoms with Gasteiger partial charge in [0.15, 0.2) is 4.21 Å². The molecule has 0 amide bonds. The van der Waals surface area contributed by atoms with E-state index in [0.29, 0.717) is 28.4 Å². The number of sulfonamides is 1. The zero-order valence-electron chi connectivity index (χ0n) is 15.2. The van der Waals surface area contributed by atoms with Gasteiger partial charge in [0.1, 0.15) is 4.88 Å². The van der Waals surface area contributed by atoms with Crippen molar-refractivity contribution in [3.8, 4) is 0 Å². The lowest BCUT2D eigenvalue weighted by atomic mass is 10.2. The molecule has 2 heterocycles. The number of rotatable bonds is 5. The predicted octanol–water partition coefficient (Wildman–Crippen LogP) is 1.78. The van der Waals surface area contributed by atoms with Crippen LogP contribution in [0.15, 0.2) is 4.21 Å². The molecule has 142 valence electrons. The molecule has 26 heavy (non-hydrogen) atoms. The third-order valence-corrected chi connectivity index (χ3v) is 7.00. The molecule has 0 unspecified atom stereocenters. The minimum Gasteiger partial charge on any atom is -0.465 e. The van der Waals surface area contributed by atoms with Crippen LogP contribution in [0.4, 0.5) is 5.69 Å². The number of anilines is 1. The third-order valence-electron chi connectivity index (χ3n) is 3.86. The van der Waals surface area contributed by atoms with Gasteiger partial charge >= 0.3 is 11.9 Å². The van der Waals surface area contributed by atoms with Crippen molar-refractivity contribution in [2.75, 3.05) is 18.9 Å². The molecule has 0 spiro atoms. The number of esters is 2. The molecule has 0 atom stereocenters. The van der Waals surface area contributed by atoms with Gasteiger partial charge in [-0.1, -0.05) is 0 Å². The van der Waals surface area contributed by atoms with Crippen molar-refractivity contribution >= 4 is 39.0 Å². The van der Waals surface area contributed by atoms with Crippen molar-refractivity contribution in [2.24, 2.45) is 7.05 Å². The first-order chi connectivity index (χ1) is 12.0. The fraction of sp³-hybridized carbons (Fsp3) is 0.400. The third kappa shape index (κ3) is 3.31. The van der Waals surface area contributed by atoms with Gasteiger partial charge in [-0.25, -0.2) is 18.0 Å². The summed E-state index contributed by atoms with van der Waals surface area (Å²) in [6.45, 7) is 4.83. The molecule has 0 saturated heterocycles. The minimum absolute atomic E-state index is 0.0212. The maximum Gasteiger partial charge on any atom is 0.348 e. The Bertz CT molecular complexity index is 988. The largest absolute Gasteiger partial charge is 0.465 e. The lowest BCUT2D eigenvalue weighted by Crippen LogP contribution is -2.17. The second-order valence-corrected chi connectivity index (χ2v) is 8.38. The Morgan fingerprint density at radius 3 is 2.15 bits per heavy atom. The minimum atomic E-state index is -4.17. The highest BCUT2D eigenvalue weighted by Gasteiger charge is 2.33. The summed E-state index contributed by atoms with van der Waals surface area (Å²) in [4.78, 5) is 24.1. The van der Waals surface area contributed by atoms with Crippen LogP contribution in [0.3, 0.4) is 0 Å². The summed E-state index contributed by atoms with van der Waals surface area (Å²) >= 11 is 0.654. The standard InChI is InChI=1S/C15H19N3O6S2/c1-7-10(13(19)23-5)15(25-12(7)14(20)24-6)26(21,22)17-11-8(2)16-18(4)9(11)3/h17H,1-6H3. The van der Waals surface area contributed by atoms with Gasteiger partial charge in [0, 0.05) is 7.05 Å². The van der Waals surface area contributed by atoms with Crippen LogP contribution in [-0.4, -0.2) is 44.4 Å². The first-order valence-electron chi connectivity index (χ1n) is 7.38. The van der Waals surface area contributed by atoms with Crippen LogP contribution in [0.5, 0.6) is 0 Å². The van der Waals surface area contributed by atoms with Crippen LogP contribution in [0.2, 0.25) is 0 Å². The van der Waals surface area contributed by atoms with E-state index in [2.05, 4.69) is 19.3 Å². The van der Waals surface area contributed by atoms with E-state index in [-0.39, 0.29) is 20.2 Å². The lowest BCUT2D eigenvalue weighted by molar-refractivity contribution is 0.0596. The molecule has 0 fully saturated rings. The number of nitrogens with zero attached hydrogens (tertiary/aromatic N) is 2. The molecule has 0 saturated carbocycles. The Hall–Kier alpha value is -2.40. The molecule has 0 aliphatic rings. The summed E-state index contributed by atoms with van der Waals surface area (Å²) in [5.74, 6) is -1.58. The van der Waals surface area contributed by atoms with Crippen LogP contribution in [0.25, 0.3) is 0 Å². The fourth-order valence-electron chi connectivity index (χ4n) is 2.40. The summed E-state index contributed by atoms with van der Waals surface area (Å²) in [5.41, 5.74) is 1.40. The number of hydrogen-bond donors (Lipinski definition) is 1. The van der Waals surface area contributed by atoms with Crippen molar-refractivity contribution in [1.82, 2.24) is 9.78 Å². The van der Waals surface area contributed by atoms with Gasteiger partial charge in [0.25, 0.3) is 10.0 Å². The Kier molecular flexibility index (Phi) is 5.42. The maximum atomic E-state index is 12.9. The number of carbonyl (C=O) groups is 2. The number of aryl methyl sites for hydroxylation is 2. The summed E-state index contributed by atoms with van der Waals surface area (Å²) in [7, 11) is -0.172. The highest BCUT2D eigenvalue weighted by atomic mass is 32.2. The van der Waals surface area contributed by atoms with Gasteiger partial charge in [0.2, 0.25) is 0 Å². The van der Waals surface area contributed by atoms with Gasteiger partial charge in [-0.3, -0.25) is 9.40 Å². The SMILES string of the molecule is COC(=O)c1sc(S(=O)(=O)Nc2c(C)nn(C)c2C)c(C(=O)OC)c1C. The van der Waals surface area contributed by atoms with Gasteiger partial charge in [-0.05, 0) is 26.3 Å². The second-order valence-electron chi connectivity index (χ2n) is 5.48. The van der Waals surface area contributed by atoms with Crippen molar-refractivity contribution in [3.05, 3.63) is 27.4 Å². The van der Waals surface area contributed by atoms with E-state index in [1.807, 2.05) is 0 Å². The number of hydrogen-bond acceptors (Lipinski definition) is 8. The van der Waals surface area contributed by atoms with Crippen LogP contribution < -0.4 is 4.72 Å². The zero-order chi connectivity index (χ0) is 19.8. The number of nitrogens with one attached hydrogen (secondary N) is 1. The topological polar surface area (TPSA) is 117 Å². The summed E-state index contributed by atoms with van der Waals surface area (Å²) in [5, 5.41) is 4.15. The summed E-state index contributed by atoms with van der Waals surface area (Å²) in [6, 6.07) is 0. The molecule has 0 bridgehead atoms. The second kappa shape index (κ2) is 7.08. The smallest absolute Gasteiger partial charge is 0.348 e. The van der Waals surface area contributed by atoms with Gasteiger partial charge in [-0.15, -0.1) is 11.3 Å². The van der Waals surface area contributed by atoms with Gasteiger partial charge in [-0.2, -0.15) is 5.10 Å². The Morgan fingerprint density at radius 2 is 1.69 bits per heavy atom. The van der Waals surface area contributed by atoms with Crippen molar-refractivity contribution in [1.29, 1.82) is 0 Å². The molecule has 11 heteroatoms. The maximum absolute atomic E-state index is 12.9. The molecule has 2 aromatic rings. The lowest BCUT2D eigenvalue weighted by Gasteiger charge is -2.09.